The lowest BCUT2D eigenvalue weighted by atomic mass is 10.3. The first-order valence-corrected chi connectivity index (χ1v) is 7.84. The zero-order chi connectivity index (χ0) is 15.0. The Morgan fingerprint density at radius 3 is 2.50 bits per heavy atom. The molecule has 4 nitrogen and oxygen atoms in total. The third-order valence-electron chi connectivity index (χ3n) is 2.61. The van der Waals surface area contributed by atoms with Gasteiger partial charge in [-0.15, -0.1) is 0 Å². The Labute approximate surface area is 140 Å². The lowest BCUT2D eigenvalue weighted by Gasteiger charge is -2.09. The zero-order valence-electron chi connectivity index (χ0n) is 10.5. The highest BCUT2D eigenvalue weighted by Gasteiger charge is 2.20. The fourth-order valence-corrected chi connectivity index (χ4v) is 3.50. The topological polar surface area (TPSA) is 46.9 Å². The number of benzene rings is 1. The molecule has 0 unspecified atom stereocenters. The molecule has 8 heteroatoms. The molecule has 0 spiro atoms. The van der Waals surface area contributed by atoms with Gasteiger partial charge in [-0.05, 0) is 50.9 Å². The second-order valence-electron chi connectivity index (χ2n) is 4.07. The van der Waals surface area contributed by atoms with Crippen LogP contribution in [0.1, 0.15) is 16.2 Å². The maximum Gasteiger partial charge on any atom is 0.275 e. The molecule has 20 heavy (non-hydrogen) atoms. The smallest absolute Gasteiger partial charge is 0.275 e. The number of rotatable bonds is 2. The summed E-state index contributed by atoms with van der Waals surface area (Å²) in [6.45, 7) is 1.77. The van der Waals surface area contributed by atoms with E-state index in [1.165, 1.54) is 10.7 Å². The number of aromatic nitrogens is 2. The number of nitrogens with one attached hydrogen (secondary N) is 1. The molecule has 0 atom stereocenters. The van der Waals surface area contributed by atoms with Crippen molar-refractivity contribution in [2.45, 2.75) is 6.92 Å². The maximum absolute atomic E-state index is 13.9. The number of nitrogens with zero attached hydrogens (tertiary/aromatic N) is 2. The van der Waals surface area contributed by atoms with Crippen LogP contribution in [0.5, 0.6) is 0 Å². The van der Waals surface area contributed by atoms with E-state index in [2.05, 4.69) is 58.2 Å². The molecule has 0 saturated heterocycles. The summed E-state index contributed by atoms with van der Waals surface area (Å²) in [5.41, 5.74) is 1.11. The average Bonchev–Trinajstić information content (AvgIpc) is 2.58. The molecule has 0 fully saturated rings. The van der Waals surface area contributed by atoms with Gasteiger partial charge in [0.15, 0.2) is 0 Å². The van der Waals surface area contributed by atoms with Gasteiger partial charge in [0.2, 0.25) is 0 Å². The SMILES string of the molecule is Cc1nn(C)c(C(=O)Nc2c(F)cc(Br)cc2Br)c1Br. The molecule has 1 aromatic carbocycles. The second-order valence-corrected chi connectivity index (χ2v) is 6.63. The Balaban J connectivity index is 2.38. The second kappa shape index (κ2) is 5.95. The number of carbonyl (C=O) groups is 1. The van der Waals surface area contributed by atoms with Gasteiger partial charge in [-0.3, -0.25) is 9.48 Å². The molecule has 0 aliphatic carbocycles. The van der Waals surface area contributed by atoms with Crippen molar-refractivity contribution < 1.29 is 9.18 Å². The highest BCUT2D eigenvalue weighted by atomic mass is 79.9. The van der Waals surface area contributed by atoms with E-state index < -0.39 is 11.7 Å². The summed E-state index contributed by atoms with van der Waals surface area (Å²) >= 11 is 9.71. The van der Waals surface area contributed by atoms with E-state index in [0.717, 1.165) is 0 Å². The Morgan fingerprint density at radius 2 is 2.00 bits per heavy atom. The van der Waals surface area contributed by atoms with Crippen molar-refractivity contribution in [2.75, 3.05) is 5.32 Å². The fraction of sp³-hybridized carbons (Fsp3) is 0.167. The maximum atomic E-state index is 13.9. The van der Waals surface area contributed by atoms with Gasteiger partial charge in [-0.1, -0.05) is 15.9 Å². The van der Waals surface area contributed by atoms with Crippen molar-refractivity contribution in [1.82, 2.24) is 9.78 Å². The normalized spacial score (nSPS) is 10.7. The summed E-state index contributed by atoms with van der Waals surface area (Å²) in [7, 11) is 1.65. The van der Waals surface area contributed by atoms with Gasteiger partial charge in [-0.2, -0.15) is 5.10 Å². The van der Waals surface area contributed by atoms with Crippen molar-refractivity contribution in [1.29, 1.82) is 0 Å². The highest BCUT2D eigenvalue weighted by molar-refractivity contribution is 9.11. The van der Waals surface area contributed by atoms with Crippen molar-refractivity contribution in [3.05, 3.63) is 42.8 Å². The number of anilines is 1. The van der Waals surface area contributed by atoms with Gasteiger partial charge in [0.05, 0.1) is 15.9 Å². The molecule has 1 N–H and O–H groups in total. The minimum Gasteiger partial charge on any atom is -0.317 e. The minimum absolute atomic E-state index is 0.0870. The summed E-state index contributed by atoms with van der Waals surface area (Å²) in [5.74, 6) is -0.975. The fourth-order valence-electron chi connectivity index (χ4n) is 1.71. The number of halogens is 4. The van der Waals surface area contributed by atoms with Crippen molar-refractivity contribution in [3.8, 4) is 0 Å². The van der Waals surface area contributed by atoms with E-state index in [-0.39, 0.29) is 5.69 Å². The largest absolute Gasteiger partial charge is 0.317 e. The van der Waals surface area contributed by atoms with E-state index in [4.69, 9.17) is 0 Å². The van der Waals surface area contributed by atoms with Crippen LogP contribution in [0.4, 0.5) is 10.1 Å². The molecule has 0 bridgehead atoms. The minimum atomic E-state index is -0.533. The van der Waals surface area contributed by atoms with Crippen LogP contribution in [-0.4, -0.2) is 15.7 Å². The number of amides is 1. The molecular weight excluding hydrogens is 461 g/mol. The Morgan fingerprint density at radius 1 is 1.35 bits per heavy atom. The van der Waals surface area contributed by atoms with E-state index in [1.54, 1.807) is 20.0 Å². The van der Waals surface area contributed by atoms with Crippen LogP contribution in [0.15, 0.2) is 25.6 Å². The summed E-state index contributed by atoms with van der Waals surface area (Å²) in [4.78, 5) is 12.3. The van der Waals surface area contributed by atoms with Crippen molar-refractivity contribution >= 4 is 59.4 Å². The Kier molecular flexibility index (Phi) is 4.66. The predicted octanol–water partition coefficient (Wildman–Crippen LogP) is 4.41. The van der Waals surface area contributed by atoms with Gasteiger partial charge >= 0.3 is 0 Å². The zero-order valence-corrected chi connectivity index (χ0v) is 15.2. The van der Waals surface area contributed by atoms with Gasteiger partial charge < -0.3 is 5.32 Å². The first-order valence-electron chi connectivity index (χ1n) is 5.46. The van der Waals surface area contributed by atoms with Crippen LogP contribution in [0.2, 0.25) is 0 Å². The van der Waals surface area contributed by atoms with Gasteiger partial charge in [-0.25, -0.2) is 4.39 Å². The number of hydrogen-bond donors (Lipinski definition) is 1. The summed E-state index contributed by atoms with van der Waals surface area (Å²) in [6, 6.07) is 2.94. The van der Waals surface area contributed by atoms with Gasteiger partial charge in [0, 0.05) is 16.0 Å². The molecule has 1 heterocycles. The third kappa shape index (κ3) is 2.96. The predicted molar refractivity (Wildman–Crippen MR) is 85.4 cm³/mol. The van der Waals surface area contributed by atoms with Crippen LogP contribution < -0.4 is 5.32 Å². The van der Waals surface area contributed by atoms with Gasteiger partial charge in [0.1, 0.15) is 11.5 Å². The van der Waals surface area contributed by atoms with E-state index in [9.17, 15) is 9.18 Å². The Bertz CT molecular complexity index is 676. The number of hydrogen-bond acceptors (Lipinski definition) is 2. The van der Waals surface area contributed by atoms with Gasteiger partial charge in [0.25, 0.3) is 5.91 Å². The van der Waals surface area contributed by atoms with Crippen LogP contribution in [-0.2, 0) is 7.05 Å². The molecule has 106 valence electrons. The first-order chi connectivity index (χ1) is 9.31. The quantitative estimate of drug-likeness (QED) is 0.708. The van der Waals surface area contributed by atoms with Crippen molar-refractivity contribution in [3.63, 3.8) is 0 Å². The average molecular weight is 470 g/mol. The summed E-state index contributed by atoms with van der Waals surface area (Å²) in [6.07, 6.45) is 0. The lowest BCUT2D eigenvalue weighted by Crippen LogP contribution is -2.17. The third-order valence-corrected chi connectivity index (χ3v) is 4.64. The standard InChI is InChI=1S/C12H9Br3FN3O/c1-5-9(15)11(19(2)18-5)12(20)17-10-7(14)3-6(13)4-8(10)16/h3-4H,1-2H3,(H,17,20). The molecule has 1 aromatic heterocycles. The monoisotopic (exact) mass is 467 g/mol. The number of aryl methyl sites for hydroxylation is 2. The van der Waals surface area contributed by atoms with E-state index in [0.29, 0.717) is 24.8 Å². The van der Waals surface area contributed by atoms with Crippen LogP contribution in [0, 0.1) is 12.7 Å². The molecule has 0 aliphatic rings. The molecule has 1 amide bonds. The van der Waals surface area contributed by atoms with E-state index in [1.807, 2.05) is 0 Å². The number of carbonyl (C=O) groups excluding carboxylic acids is 1. The van der Waals surface area contributed by atoms with Crippen LogP contribution in [0.3, 0.4) is 0 Å². The highest BCUT2D eigenvalue weighted by Crippen LogP contribution is 2.30. The van der Waals surface area contributed by atoms with Crippen LogP contribution in [0.25, 0.3) is 0 Å². The summed E-state index contributed by atoms with van der Waals surface area (Å²) < 4.78 is 17.0. The van der Waals surface area contributed by atoms with Crippen LogP contribution >= 0.6 is 47.8 Å². The molecule has 2 rings (SSSR count). The van der Waals surface area contributed by atoms with E-state index >= 15 is 0 Å². The molecule has 0 saturated carbocycles. The lowest BCUT2D eigenvalue weighted by molar-refractivity contribution is 0.101. The Hall–Kier alpha value is -0.730. The molecular formula is C12H9Br3FN3O. The molecule has 0 radical (unpaired) electrons. The molecule has 0 aliphatic heterocycles. The molecule has 2 aromatic rings. The summed E-state index contributed by atoms with van der Waals surface area (Å²) in [5, 5.41) is 6.67. The van der Waals surface area contributed by atoms with Crippen molar-refractivity contribution in [2.24, 2.45) is 7.05 Å². The first kappa shape index (κ1) is 15.7.